The van der Waals surface area contributed by atoms with Crippen molar-refractivity contribution in [3.8, 4) is 11.5 Å². The maximum absolute atomic E-state index is 10.4. The van der Waals surface area contributed by atoms with Crippen LogP contribution in [0.4, 0.5) is 0 Å². The molecule has 2 aliphatic rings. The summed E-state index contributed by atoms with van der Waals surface area (Å²) in [5, 5.41) is 39.0. The fourth-order valence-corrected chi connectivity index (χ4v) is 3.38. The van der Waals surface area contributed by atoms with Crippen LogP contribution < -0.4 is 0 Å². The van der Waals surface area contributed by atoms with Gasteiger partial charge in [-0.3, -0.25) is 0 Å². The Morgan fingerprint density at radius 1 is 0.750 bits per heavy atom. The molecule has 4 rings (SSSR count). The summed E-state index contributed by atoms with van der Waals surface area (Å²) in [5.74, 6) is 0.248. The summed E-state index contributed by atoms with van der Waals surface area (Å²) in [6, 6.07) is 12.7. The summed E-state index contributed by atoms with van der Waals surface area (Å²) < 4.78 is 23.2. The number of benzene rings is 2. The Kier molecular flexibility index (Phi) is 5.49. The first kappa shape index (κ1) is 19.1. The van der Waals surface area contributed by atoms with Gasteiger partial charge in [0.05, 0.1) is 13.2 Å². The van der Waals surface area contributed by atoms with Gasteiger partial charge in [0.1, 0.15) is 35.9 Å². The van der Waals surface area contributed by atoms with Crippen molar-refractivity contribution in [3.05, 3.63) is 59.7 Å². The van der Waals surface area contributed by atoms with Gasteiger partial charge in [-0.1, -0.05) is 24.3 Å². The Labute approximate surface area is 161 Å². The molecule has 2 aromatic carbocycles. The topological polar surface area (TPSA) is 118 Å². The molecule has 0 aromatic heterocycles. The van der Waals surface area contributed by atoms with Gasteiger partial charge in [0, 0.05) is 11.1 Å². The lowest BCUT2D eigenvalue weighted by Gasteiger charge is -2.37. The summed E-state index contributed by atoms with van der Waals surface area (Å²) in [7, 11) is 0. The van der Waals surface area contributed by atoms with E-state index in [2.05, 4.69) is 0 Å². The first-order valence-corrected chi connectivity index (χ1v) is 9.00. The lowest BCUT2D eigenvalue weighted by molar-refractivity contribution is -0.279. The number of aliphatic hydroxyl groups is 2. The predicted octanol–water partition coefficient (Wildman–Crippen LogP) is 1.35. The van der Waals surface area contributed by atoms with Gasteiger partial charge in [-0.2, -0.15) is 0 Å². The van der Waals surface area contributed by atoms with Crippen molar-refractivity contribution in [2.75, 3.05) is 13.2 Å². The van der Waals surface area contributed by atoms with Gasteiger partial charge in [0.2, 0.25) is 0 Å². The molecule has 4 N–H and O–H groups in total. The van der Waals surface area contributed by atoms with Crippen LogP contribution in [0.25, 0.3) is 0 Å². The van der Waals surface area contributed by atoms with Crippen LogP contribution in [0.2, 0.25) is 0 Å². The zero-order valence-corrected chi connectivity index (χ0v) is 14.9. The van der Waals surface area contributed by atoms with E-state index in [0.29, 0.717) is 11.1 Å². The fourth-order valence-electron chi connectivity index (χ4n) is 3.38. The Bertz CT molecular complexity index is 734. The van der Waals surface area contributed by atoms with Crippen LogP contribution in [0.15, 0.2) is 48.5 Å². The molecule has 8 heteroatoms. The van der Waals surface area contributed by atoms with Crippen LogP contribution in [0, 0.1) is 0 Å². The minimum Gasteiger partial charge on any atom is -0.508 e. The van der Waals surface area contributed by atoms with Crippen LogP contribution >= 0.6 is 0 Å². The SMILES string of the molecule is OC[C@@H]1OC(c2ccc(O)cc2)O[C@H]1[C@@H]1OC(c2ccc(O)cc2)OC[C@H]1O. The Balaban J connectivity index is 1.51. The second-order valence-electron chi connectivity index (χ2n) is 6.81. The highest BCUT2D eigenvalue weighted by Gasteiger charge is 2.47. The molecule has 0 radical (unpaired) electrons. The molecule has 0 aliphatic carbocycles. The number of phenolic OH excluding ortho intramolecular Hbond substituents is 2. The monoisotopic (exact) mass is 390 g/mol. The maximum atomic E-state index is 10.4. The average Bonchev–Trinajstić information content (AvgIpc) is 3.14. The summed E-state index contributed by atoms with van der Waals surface area (Å²) in [5.41, 5.74) is 1.36. The third-order valence-electron chi connectivity index (χ3n) is 4.86. The summed E-state index contributed by atoms with van der Waals surface area (Å²) in [6.07, 6.45) is -4.67. The molecule has 0 amide bonds. The van der Waals surface area contributed by atoms with Crippen LogP contribution in [-0.4, -0.2) is 58.1 Å². The molecule has 2 aliphatic heterocycles. The smallest absolute Gasteiger partial charge is 0.184 e. The molecule has 150 valence electrons. The highest BCUT2D eigenvalue weighted by molar-refractivity contribution is 5.28. The van der Waals surface area contributed by atoms with Crippen LogP contribution in [0.5, 0.6) is 11.5 Å². The molecular weight excluding hydrogens is 368 g/mol. The lowest BCUT2D eigenvalue weighted by Crippen LogP contribution is -2.51. The molecule has 2 fully saturated rings. The zero-order chi connectivity index (χ0) is 19.7. The number of aromatic hydroxyl groups is 2. The lowest BCUT2D eigenvalue weighted by atomic mass is 10.0. The zero-order valence-electron chi connectivity index (χ0n) is 14.9. The van der Waals surface area contributed by atoms with Crippen molar-refractivity contribution < 1.29 is 39.4 Å². The van der Waals surface area contributed by atoms with E-state index in [0.717, 1.165) is 0 Å². The molecule has 2 saturated heterocycles. The van der Waals surface area contributed by atoms with Crippen molar-refractivity contribution in [3.63, 3.8) is 0 Å². The molecule has 2 unspecified atom stereocenters. The van der Waals surface area contributed by atoms with E-state index in [1.54, 1.807) is 24.3 Å². The molecule has 0 bridgehead atoms. The number of ether oxygens (including phenoxy) is 4. The summed E-state index contributed by atoms with van der Waals surface area (Å²) in [6.45, 7) is -0.283. The number of aliphatic hydroxyl groups excluding tert-OH is 2. The Morgan fingerprint density at radius 2 is 1.29 bits per heavy atom. The molecule has 28 heavy (non-hydrogen) atoms. The first-order chi connectivity index (χ1) is 13.5. The second kappa shape index (κ2) is 8.04. The average molecular weight is 390 g/mol. The third kappa shape index (κ3) is 3.83. The minimum absolute atomic E-state index is 0.0259. The van der Waals surface area contributed by atoms with E-state index < -0.39 is 37.0 Å². The molecule has 0 saturated carbocycles. The molecule has 8 nitrogen and oxygen atoms in total. The van der Waals surface area contributed by atoms with Gasteiger partial charge in [-0.05, 0) is 24.3 Å². The largest absolute Gasteiger partial charge is 0.508 e. The maximum Gasteiger partial charge on any atom is 0.184 e. The van der Waals surface area contributed by atoms with E-state index in [1.807, 2.05) is 0 Å². The van der Waals surface area contributed by atoms with E-state index in [4.69, 9.17) is 18.9 Å². The molecular formula is C20H22O8. The normalized spacial score (nSPS) is 33.1. The van der Waals surface area contributed by atoms with Crippen molar-refractivity contribution >= 4 is 0 Å². The number of phenols is 2. The number of hydrogen-bond donors (Lipinski definition) is 4. The van der Waals surface area contributed by atoms with Gasteiger partial charge < -0.3 is 39.4 Å². The van der Waals surface area contributed by atoms with Gasteiger partial charge in [0.15, 0.2) is 12.6 Å². The number of hydrogen-bond acceptors (Lipinski definition) is 8. The van der Waals surface area contributed by atoms with Crippen LogP contribution in [0.1, 0.15) is 23.7 Å². The number of rotatable bonds is 4. The highest BCUT2D eigenvalue weighted by atomic mass is 16.8. The summed E-state index contributed by atoms with van der Waals surface area (Å²) >= 11 is 0. The van der Waals surface area contributed by atoms with E-state index in [1.165, 1.54) is 24.3 Å². The van der Waals surface area contributed by atoms with Gasteiger partial charge in [0.25, 0.3) is 0 Å². The second-order valence-corrected chi connectivity index (χ2v) is 6.81. The van der Waals surface area contributed by atoms with Crippen molar-refractivity contribution in [1.29, 1.82) is 0 Å². The highest BCUT2D eigenvalue weighted by Crippen LogP contribution is 2.38. The molecule has 0 spiro atoms. The summed E-state index contributed by atoms with van der Waals surface area (Å²) in [4.78, 5) is 0. The van der Waals surface area contributed by atoms with Gasteiger partial charge in [-0.25, -0.2) is 0 Å². The van der Waals surface area contributed by atoms with Crippen molar-refractivity contribution in [2.24, 2.45) is 0 Å². The Hall–Kier alpha value is -2.20. The van der Waals surface area contributed by atoms with Crippen molar-refractivity contribution in [2.45, 2.75) is 37.0 Å². The molecule has 2 heterocycles. The van der Waals surface area contributed by atoms with E-state index in [9.17, 15) is 20.4 Å². The Morgan fingerprint density at radius 3 is 1.86 bits per heavy atom. The van der Waals surface area contributed by atoms with Crippen LogP contribution in [-0.2, 0) is 18.9 Å². The van der Waals surface area contributed by atoms with E-state index >= 15 is 0 Å². The third-order valence-corrected chi connectivity index (χ3v) is 4.86. The van der Waals surface area contributed by atoms with Crippen molar-refractivity contribution in [1.82, 2.24) is 0 Å². The van der Waals surface area contributed by atoms with Gasteiger partial charge in [-0.15, -0.1) is 0 Å². The molecule has 2 aromatic rings. The van der Waals surface area contributed by atoms with Crippen LogP contribution in [0.3, 0.4) is 0 Å². The predicted molar refractivity (Wildman–Crippen MR) is 95.4 cm³/mol. The molecule has 6 atom stereocenters. The van der Waals surface area contributed by atoms with Gasteiger partial charge >= 0.3 is 0 Å². The first-order valence-electron chi connectivity index (χ1n) is 9.00. The van der Waals surface area contributed by atoms with E-state index in [-0.39, 0.29) is 24.7 Å². The fraction of sp³-hybridized carbons (Fsp3) is 0.400. The quantitative estimate of drug-likeness (QED) is 0.618. The minimum atomic E-state index is -0.963. The standard InChI is InChI=1S/C20H22O8/c21-9-16-18(28-20(26-16)12-3-7-14(23)8-4-12)17-15(24)10-25-19(27-17)11-1-5-13(22)6-2-11/h1-8,15-24H,9-10H2/t15-,16+,17-,18-,19?,20?/m1/s1.